The van der Waals surface area contributed by atoms with Crippen LogP contribution in [0.1, 0.15) is 26.3 Å². The van der Waals surface area contributed by atoms with Crippen LogP contribution in [0.3, 0.4) is 0 Å². The maximum Gasteiger partial charge on any atom is 0.337 e. The number of carboxylic acid groups (broad SMARTS) is 1. The highest BCUT2D eigenvalue weighted by Gasteiger charge is 2.16. The van der Waals surface area contributed by atoms with Crippen LogP contribution in [0.15, 0.2) is 45.3 Å². The van der Waals surface area contributed by atoms with Crippen LogP contribution < -0.4 is 5.32 Å². The maximum atomic E-state index is 12.3. The summed E-state index contributed by atoms with van der Waals surface area (Å²) in [6, 6.07) is 9.93. The summed E-state index contributed by atoms with van der Waals surface area (Å²) in [5.74, 6) is -1.47. The fourth-order valence-electron chi connectivity index (χ4n) is 1.82. The molecule has 6 heteroatoms. The molecule has 2 aromatic rings. The molecule has 21 heavy (non-hydrogen) atoms. The molecule has 1 amide bonds. The smallest absolute Gasteiger partial charge is 0.337 e. The van der Waals surface area contributed by atoms with Crippen LogP contribution in [0.5, 0.6) is 0 Å². The van der Waals surface area contributed by atoms with Gasteiger partial charge in [-0.2, -0.15) is 0 Å². The van der Waals surface area contributed by atoms with E-state index in [1.165, 1.54) is 6.07 Å². The van der Waals surface area contributed by atoms with Crippen LogP contribution in [0.4, 0.5) is 5.69 Å². The SMILES string of the molecule is Cc1cccc(C(=O)Nc2cc(Br)ccc2C(=O)O)c1Br. The van der Waals surface area contributed by atoms with Crippen molar-refractivity contribution in [3.8, 4) is 0 Å². The quantitative estimate of drug-likeness (QED) is 0.781. The minimum absolute atomic E-state index is 0.0373. The number of nitrogens with one attached hydrogen (secondary N) is 1. The first-order chi connectivity index (χ1) is 9.90. The summed E-state index contributed by atoms with van der Waals surface area (Å²) >= 11 is 6.63. The van der Waals surface area contributed by atoms with Gasteiger partial charge in [-0.3, -0.25) is 4.79 Å². The number of halogens is 2. The predicted octanol–water partition coefficient (Wildman–Crippen LogP) is 4.47. The first-order valence-corrected chi connectivity index (χ1v) is 7.58. The third kappa shape index (κ3) is 3.51. The highest BCUT2D eigenvalue weighted by Crippen LogP contribution is 2.25. The molecule has 0 saturated carbocycles. The van der Waals surface area contributed by atoms with E-state index in [4.69, 9.17) is 5.11 Å². The number of benzene rings is 2. The minimum atomic E-state index is -1.10. The van der Waals surface area contributed by atoms with Gasteiger partial charge in [-0.15, -0.1) is 0 Å². The zero-order valence-corrected chi connectivity index (χ0v) is 14.2. The van der Waals surface area contributed by atoms with E-state index in [1.54, 1.807) is 24.3 Å². The summed E-state index contributed by atoms with van der Waals surface area (Å²) in [4.78, 5) is 23.5. The number of hydrogen-bond donors (Lipinski definition) is 2. The number of aryl methyl sites for hydroxylation is 1. The molecule has 0 radical (unpaired) electrons. The monoisotopic (exact) mass is 411 g/mol. The van der Waals surface area contributed by atoms with Gasteiger partial charge in [-0.1, -0.05) is 28.1 Å². The average Bonchev–Trinajstić information content (AvgIpc) is 2.41. The highest BCUT2D eigenvalue weighted by molar-refractivity contribution is 9.10. The second-order valence-electron chi connectivity index (χ2n) is 4.39. The van der Waals surface area contributed by atoms with Gasteiger partial charge in [0, 0.05) is 8.95 Å². The van der Waals surface area contributed by atoms with Gasteiger partial charge in [-0.05, 0) is 52.7 Å². The van der Waals surface area contributed by atoms with Crippen LogP contribution >= 0.6 is 31.9 Å². The van der Waals surface area contributed by atoms with E-state index >= 15 is 0 Å². The molecule has 0 aromatic heterocycles. The standard InChI is InChI=1S/C15H11Br2NO3/c1-8-3-2-4-11(13(8)17)14(19)18-12-7-9(16)5-6-10(12)15(20)21/h2-7H,1H3,(H,18,19)(H,20,21). The molecule has 0 heterocycles. The van der Waals surface area contributed by atoms with Crippen molar-refractivity contribution in [2.24, 2.45) is 0 Å². The molecule has 0 fully saturated rings. The predicted molar refractivity (Wildman–Crippen MR) is 87.9 cm³/mol. The normalized spacial score (nSPS) is 10.2. The number of hydrogen-bond acceptors (Lipinski definition) is 2. The lowest BCUT2D eigenvalue weighted by Crippen LogP contribution is -2.15. The van der Waals surface area contributed by atoms with E-state index in [-0.39, 0.29) is 17.2 Å². The van der Waals surface area contributed by atoms with Crippen LogP contribution in [0.25, 0.3) is 0 Å². The number of carbonyl (C=O) groups is 2. The summed E-state index contributed by atoms with van der Waals surface area (Å²) in [6.45, 7) is 1.88. The molecule has 0 saturated heterocycles. The van der Waals surface area contributed by atoms with Crippen molar-refractivity contribution < 1.29 is 14.7 Å². The molecule has 0 aliphatic carbocycles. The van der Waals surface area contributed by atoms with E-state index in [0.717, 1.165) is 5.56 Å². The molecule has 108 valence electrons. The first-order valence-electron chi connectivity index (χ1n) is 5.99. The molecule has 2 N–H and O–H groups in total. The van der Waals surface area contributed by atoms with Crippen molar-refractivity contribution in [2.75, 3.05) is 5.32 Å². The van der Waals surface area contributed by atoms with Gasteiger partial charge in [0.25, 0.3) is 5.91 Å². The number of carbonyl (C=O) groups excluding carboxylic acids is 1. The number of rotatable bonds is 3. The molecule has 0 unspecified atom stereocenters. The van der Waals surface area contributed by atoms with Crippen molar-refractivity contribution in [2.45, 2.75) is 6.92 Å². The zero-order valence-electron chi connectivity index (χ0n) is 11.0. The van der Waals surface area contributed by atoms with Crippen LogP contribution in [-0.2, 0) is 0 Å². The number of anilines is 1. The average molecular weight is 413 g/mol. The number of amides is 1. The second kappa shape index (κ2) is 6.41. The highest BCUT2D eigenvalue weighted by atomic mass is 79.9. The van der Waals surface area contributed by atoms with Crippen molar-refractivity contribution >= 4 is 49.4 Å². The Morgan fingerprint density at radius 1 is 1.10 bits per heavy atom. The maximum absolute atomic E-state index is 12.3. The summed E-state index contributed by atoms with van der Waals surface area (Å²) in [6.07, 6.45) is 0. The molecular formula is C15H11Br2NO3. The molecule has 0 aliphatic heterocycles. The van der Waals surface area contributed by atoms with E-state index < -0.39 is 5.97 Å². The fraction of sp³-hybridized carbons (Fsp3) is 0.0667. The Balaban J connectivity index is 2.38. The molecule has 2 aromatic carbocycles. The number of carboxylic acids is 1. The Morgan fingerprint density at radius 3 is 2.48 bits per heavy atom. The number of aromatic carboxylic acids is 1. The summed E-state index contributed by atoms with van der Waals surface area (Å²) in [5.41, 5.74) is 1.66. The fourth-order valence-corrected chi connectivity index (χ4v) is 2.62. The molecule has 0 atom stereocenters. The van der Waals surface area contributed by atoms with Crippen molar-refractivity contribution in [1.82, 2.24) is 0 Å². The molecular weight excluding hydrogens is 402 g/mol. The minimum Gasteiger partial charge on any atom is -0.478 e. The van der Waals surface area contributed by atoms with E-state index in [0.29, 0.717) is 14.5 Å². The molecule has 0 bridgehead atoms. The van der Waals surface area contributed by atoms with Gasteiger partial charge < -0.3 is 10.4 Å². The second-order valence-corrected chi connectivity index (χ2v) is 6.09. The Hall–Kier alpha value is -1.66. The van der Waals surface area contributed by atoms with Crippen LogP contribution in [0, 0.1) is 6.92 Å². The van der Waals surface area contributed by atoms with Crippen molar-refractivity contribution in [1.29, 1.82) is 0 Å². The summed E-state index contributed by atoms with van der Waals surface area (Å²) < 4.78 is 1.38. The van der Waals surface area contributed by atoms with Gasteiger partial charge in [0.2, 0.25) is 0 Å². The third-order valence-corrected chi connectivity index (χ3v) is 4.44. The van der Waals surface area contributed by atoms with Gasteiger partial charge in [0.05, 0.1) is 16.8 Å². The Labute approximate surface area is 138 Å². The lowest BCUT2D eigenvalue weighted by Gasteiger charge is -2.11. The molecule has 2 rings (SSSR count). The van der Waals surface area contributed by atoms with Crippen molar-refractivity contribution in [3.05, 3.63) is 62.0 Å². The van der Waals surface area contributed by atoms with Crippen LogP contribution in [0.2, 0.25) is 0 Å². The zero-order chi connectivity index (χ0) is 15.6. The largest absolute Gasteiger partial charge is 0.478 e. The van der Waals surface area contributed by atoms with Crippen LogP contribution in [-0.4, -0.2) is 17.0 Å². The topological polar surface area (TPSA) is 66.4 Å². The van der Waals surface area contributed by atoms with Gasteiger partial charge in [0.1, 0.15) is 0 Å². The van der Waals surface area contributed by atoms with Gasteiger partial charge in [-0.25, -0.2) is 4.79 Å². The Morgan fingerprint density at radius 2 is 1.81 bits per heavy atom. The van der Waals surface area contributed by atoms with E-state index in [1.807, 2.05) is 13.0 Å². The van der Waals surface area contributed by atoms with Gasteiger partial charge in [0.15, 0.2) is 0 Å². The summed E-state index contributed by atoms with van der Waals surface area (Å²) in [7, 11) is 0. The van der Waals surface area contributed by atoms with Gasteiger partial charge >= 0.3 is 5.97 Å². The van der Waals surface area contributed by atoms with E-state index in [9.17, 15) is 9.59 Å². The molecule has 0 spiro atoms. The first kappa shape index (κ1) is 15.7. The summed E-state index contributed by atoms with van der Waals surface area (Å²) in [5, 5.41) is 11.8. The molecule has 0 aliphatic rings. The third-order valence-electron chi connectivity index (χ3n) is 2.90. The lowest BCUT2D eigenvalue weighted by atomic mass is 10.1. The van der Waals surface area contributed by atoms with E-state index in [2.05, 4.69) is 37.2 Å². The lowest BCUT2D eigenvalue weighted by molar-refractivity contribution is 0.0698. The Kier molecular flexibility index (Phi) is 4.80. The van der Waals surface area contributed by atoms with Crippen molar-refractivity contribution in [3.63, 3.8) is 0 Å². The molecule has 4 nitrogen and oxygen atoms in total. The Bertz CT molecular complexity index is 729.